The monoisotopic (exact) mass is 963 g/mol. The first kappa shape index (κ1) is 42.3. The quantitative estimate of drug-likeness (QED) is 0.166. The molecule has 0 fully saturated rings. The van der Waals surface area contributed by atoms with Gasteiger partial charge in [-0.25, -0.2) is 0 Å². The van der Waals surface area contributed by atoms with Crippen molar-refractivity contribution in [3.05, 3.63) is 243 Å². The van der Waals surface area contributed by atoms with Crippen molar-refractivity contribution in [2.75, 3.05) is 11.5 Å². The smallest absolute Gasteiger partial charge is 0.322 e. The summed E-state index contributed by atoms with van der Waals surface area (Å²) in [6.07, 6.45) is 0. The lowest BCUT2D eigenvalue weighted by molar-refractivity contribution is 0.622. The summed E-state index contributed by atoms with van der Waals surface area (Å²) < 4.78 is 32.9. The third kappa shape index (κ3) is 6.97. The Bertz CT molecular complexity index is 3940. The van der Waals surface area contributed by atoms with Crippen molar-refractivity contribution in [2.45, 2.75) is 0 Å². The Morgan fingerprint density at radius 1 is 0.264 bits per heavy atom. The SMILES string of the molecule is CN(p1oc2c(-c3ccccc3)cc3ccccc3c2c2c(o1)c(-c1ccccc1)cc1ccccc12)p1oc2c(-c3ccccc3)cc3ccccc3c2c2c(o1)c(-c1ccccc1)cc1ccccc12. The van der Waals surface area contributed by atoms with Crippen LogP contribution in [0.1, 0.15) is 0 Å². The second kappa shape index (κ2) is 17.4. The van der Waals surface area contributed by atoms with Crippen molar-refractivity contribution in [2.24, 2.45) is 0 Å². The van der Waals surface area contributed by atoms with Gasteiger partial charge in [0.15, 0.2) is 22.3 Å². The highest BCUT2D eigenvalue weighted by Gasteiger charge is 2.26. The molecule has 5 nitrogen and oxygen atoms in total. The Hall–Kier alpha value is -8.56. The molecule has 0 radical (unpaired) electrons. The maximum absolute atomic E-state index is 7.70. The van der Waals surface area contributed by atoms with Gasteiger partial charge in [-0.3, -0.25) is 0 Å². The predicted molar refractivity (Wildman–Crippen MR) is 304 cm³/mol. The van der Waals surface area contributed by atoms with E-state index in [1.54, 1.807) is 0 Å². The number of rotatable bonds is 6. The van der Waals surface area contributed by atoms with Gasteiger partial charge in [-0.15, -0.1) is 4.44 Å². The van der Waals surface area contributed by atoms with Crippen LogP contribution < -0.4 is 4.44 Å². The molecule has 14 rings (SSSR count). The van der Waals surface area contributed by atoms with Gasteiger partial charge in [0, 0.05) is 50.8 Å². The van der Waals surface area contributed by atoms with E-state index in [0.29, 0.717) is 0 Å². The standard InChI is InChI=1S/C65H43NO4P2/c1-66(71-67-62-54(42-22-6-2-7-23-42)38-46-30-14-18-34-50(46)58(62)59-51-35-19-15-31-47(51)39-55(63(59)68-71)43-24-8-3-9-25-43)72-69-64-56(44-26-10-4-11-27-44)40-48-32-16-20-36-52(48)60(64)61-53-37-21-17-33-49(53)41-57(65(61)70-72)45-28-12-5-13-29-45/h2-41H,1H3. The van der Waals surface area contributed by atoms with Crippen molar-refractivity contribution in [1.29, 1.82) is 0 Å². The van der Waals surface area contributed by atoms with E-state index >= 15 is 0 Å². The molecule has 342 valence electrons. The van der Waals surface area contributed by atoms with Crippen molar-refractivity contribution >= 4 is 103 Å². The average Bonchev–Trinajstić information content (AvgIpc) is 3.75. The van der Waals surface area contributed by atoms with Crippen LogP contribution in [0.2, 0.25) is 0 Å². The summed E-state index contributed by atoms with van der Waals surface area (Å²) in [5, 5.41) is 12.6. The van der Waals surface area contributed by atoms with Gasteiger partial charge >= 0.3 is 16.3 Å². The van der Waals surface area contributed by atoms with E-state index in [9.17, 15) is 0 Å². The summed E-state index contributed by atoms with van der Waals surface area (Å²) in [6, 6.07) is 85.7. The predicted octanol–water partition coefficient (Wildman–Crippen LogP) is 20.2. The second-order valence-electron chi connectivity index (χ2n) is 18.2. The van der Waals surface area contributed by atoms with Crippen LogP contribution in [0.3, 0.4) is 0 Å². The maximum atomic E-state index is 7.70. The zero-order chi connectivity index (χ0) is 47.7. The molecule has 12 aromatic carbocycles. The Kier molecular flexibility index (Phi) is 10.2. The van der Waals surface area contributed by atoms with Crippen LogP contribution in [0.15, 0.2) is 259 Å². The second-order valence-corrected chi connectivity index (χ2v) is 21.4. The number of benzene rings is 12. The summed E-state index contributed by atoms with van der Waals surface area (Å²) in [6.45, 7) is 0. The molecule has 0 saturated heterocycles. The van der Waals surface area contributed by atoms with Crippen molar-refractivity contribution in [3.8, 4) is 44.5 Å². The molecule has 0 aliphatic heterocycles. The van der Waals surface area contributed by atoms with Crippen LogP contribution in [0.25, 0.3) is 131 Å². The van der Waals surface area contributed by atoms with E-state index in [1.807, 2.05) is 7.05 Å². The van der Waals surface area contributed by atoms with Gasteiger partial charge in [0.1, 0.15) is 0 Å². The molecular formula is C65H43NO4P2. The van der Waals surface area contributed by atoms with Crippen LogP contribution in [-0.4, -0.2) is 7.05 Å². The molecule has 72 heavy (non-hydrogen) atoms. The Morgan fingerprint density at radius 2 is 0.472 bits per heavy atom. The summed E-state index contributed by atoms with van der Waals surface area (Å²) in [5.74, 6) is 0. The highest BCUT2D eigenvalue weighted by atomic mass is 31.2. The maximum Gasteiger partial charge on any atom is 0.322 e. The van der Waals surface area contributed by atoms with Crippen molar-refractivity contribution < 1.29 is 16.8 Å². The molecule has 0 saturated carbocycles. The lowest BCUT2D eigenvalue weighted by Gasteiger charge is -2.12. The minimum atomic E-state index is -2.05. The van der Waals surface area contributed by atoms with Gasteiger partial charge in [0.25, 0.3) is 0 Å². The molecule has 0 unspecified atom stereocenters. The first-order valence-corrected chi connectivity index (χ1v) is 26.4. The van der Waals surface area contributed by atoms with Crippen LogP contribution in [-0.2, 0) is 0 Å². The molecule has 0 aliphatic carbocycles. The van der Waals surface area contributed by atoms with Gasteiger partial charge in [-0.1, -0.05) is 218 Å². The van der Waals surface area contributed by atoms with E-state index in [2.05, 4.69) is 247 Å². The number of fused-ring (bicyclic) bond motifs is 14. The Morgan fingerprint density at radius 3 is 0.708 bits per heavy atom. The first-order chi connectivity index (χ1) is 35.6. The third-order valence-corrected chi connectivity index (χ3v) is 17.2. The van der Waals surface area contributed by atoms with E-state index in [4.69, 9.17) is 16.8 Å². The van der Waals surface area contributed by atoms with Gasteiger partial charge in [0.2, 0.25) is 0 Å². The summed E-state index contributed by atoms with van der Waals surface area (Å²) in [5.41, 5.74) is 11.0. The highest BCUT2D eigenvalue weighted by Crippen LogP contribution is 2.54. The molecule has 0 amide bonds. The minimum absolute atomic E-state index is 0.740. The van der Waals surface area contributed by atoms with E-state index in [1.165, 1.54) is 0 Å². The normalized spacial score (nSPS) is 11.8. The molecule has 0 spiro atoms. The first-order valence-electron chi connectivity index (χ1n) is 24.2. The zero-order valence-electron chi connectivity index (χ0n) is 39.1. The summed E-state index contributed by atoms with van der Waals surface area (Å²) in [7, 11) is -2.08. The van der Waals surface area contributed by atoms with Gasteiger partial charge in [0.05, 0.1) is 0 Å². The lowest BCUT2D eigenvalue weighted by Crippen LogP contribution is -1.98. The molecule has 0 atom stereocenters. The fourth-order valence-corrected chi connectivity index (χ4v) is 13.5. The highest BCUT2D eigenvalue weighted by molar-refractivity contribution is 7.58. The molecule has 0 bridgehead atoms. The molecule has 14 aromatic rings. The zero-order valence-corrected chi connectivity index (χ0v) is 40.9. The third-order valence-electron chi connectivity index (χ3n) is 14.0. The van der Waals surface area contributed by atoms with Crippen LogP contribution in [0, 0.1) is 0 Å². The number of hydrogen-bond acceptors (Lipinski definition) is 5. The number of nitrogens with zero attached hydrogens (tertiary/aromatic N) is 1. The van der Waals surface area contributed by atoms with Crippen LogP contribution in [0.5, 0.6) is 0 Å². The van der Waals surface area contributed by atoms with E-state index in [-0.39, 0.29) is 0 Å². The molecule has 0 aliphatic rings. The van der Waals surface area contributed by atoms with Crippen LogP contribution in [0.4, 0.5) is 0 Å². The summed E-state index contributed by atoms with van der Waals surface area (Å²) >= 11 is 0. The lowest BCUT2D eigenvalue weighted by atomic mass is 9.91. The van der Waals surface area contributed by atoms with E-state index < -0.39 is 16.3 Å². The molecule has 7 heteroatoms. The van der Waals surface area contributed by atoms with Crippen LogP contribution >= 0.6 is 16.3 Å². The largest absolute Gasteiger partial charge is 0.407 e. The molecule has 0 N–H and O–H groups in total. The molecule has 2 heterocycles. The molecular weight excluding hydrogens is 921 g/mol. The Labute approximate surface area is 416 Å². The van der Waals surface area contributed by atoms with Crippen molar-refractivity contribution in [1.82, 2.24) is 0 Å². The molecule has 2 aromatic heterocycles. The average molecular weight is 964 g/mol. The number of hydrogen-bond donors (Lipinski definition) is 0. The van der Waals surface area contributed by atoms with Crippen molar-refractivity contribution in [3.63, 3.8) is 0 Å². The summed E-state index contributed by atoms with van der Waals surface area (Å²) in [4.78, 5) is 0. The fraction of sp³-hybridized carbons (Fsp3) is 0.0154. The van der Waals surface area contributed by atoms with Gasteiger partial charge in [-0.2, -0.15) is 0 Å². The van der Waals surface area contributed by atoms with Gasteiger partial charge in [-0.05, 0) is 89.6 Å². The van der Waals surface area contributed by atoms with E-state index in [0.717, 1.165) is 131 Å². The van der Waals surface area contributed by atoms with Gasteiger partial charge < -0.3 is 16.8 Å². The minimum Gasteiger partial charge on any atom is -0.407 e. The topological polar surface area (TPSA) is 55.8 Å². The fourth-order valence-electron chi connectivity index (χ4n) is 10.7. The Balaban J connectivity index is 1.20.